The summed E-state index contributed by atoms with van der Waals surface area (Å²) < 4.78 is 5.13. The molecule has 2 aromatic rings. The van der Waals surface area contributed by atoms with Crippen molar-refractivity contribution in [1.29, 1.82) is 0 Å². The van der Waals surface area contributed by atoms with E-state index in [1.165, 1.54) is 11.3 Å². The van der Waals surface area contributed by atoms with Crippen molar-refractivity contribution in [2.24, 2.45) is 7.05 Å². The minimum Gasteiger partial charge on any atom is -0.313 e. The molecule has 0 unspecified atom stereocenters. The van der Waals surface area contributed by atoms with Crippen molar-refractivity contribution in [3.63, 3.8) is 0 Å². The van der Waals surface area contributed by atoms with Crippen LogP contribution in [-0.2, 0) is 26.6 Å². The van der Waals surface area contributed by atoms with E-state index in [1.54, 1.807) is 0 Å². The molecule has 0 bridgehead atoms. The lowest BCUT2D eigenvalue weighted by atomic mass is 10.2. The smallest absolute Gasteiger partial charge is 0.0842 e. The van der Waals surface area contributed by atoms with Crippen molar-refractivity contribution < 1.29 is 0 Å². The summed E-state index contributed by atoms with van der Waals surface area (Å²) in [6, 6.07) is 0. The molecule has 0 aliphatic rings. The molecule has 0 atom stereocenters. The molecule has 0 saturated heterocycles. The lowest BCUT2D eigenvalue weighted by molar-refractivity contribution is 0.600. The summed E-state index contributed by atoms with van der Waals surface area (Å²) in [7, 11) is 1.99. The third kappa shape index (κ3) is 3.21. The Kier molecular flexibility index (Phi) is 5.22. The quantitative estimate of drug-likeness (QED) is 0.868. The summed E-state index contributed by atoms with van der Waals surface area (Å²) in [5, 5.41) is 12.6. The molecule has 0 aromatic carbocycles. The fourth-order valence-electron chi connectivity index (χ4n) is 2.53. The summed E-state index contributed by atoms with van der Waals surface area (Å²) in [6.45, 7) is 11.0. The summed E-state index contributed by atoms with van der Waals surface area (Å²) >= 11 is 3.67. The molecule has 0 aliphatic carbocycles. The van der Waals surface area contributed by atoms with Gasteiger partial charge < -0.3 is 5.32 Å². The molecular formula is C15H24BrN5. The van der Waals surface area contributed by atoms with Crippen molar-refractivity contribution in [2.75, 3.05) is 6.54 Å². The highest BCUT2D eigenvalue weighted by atomic mass is 79.9. The second-order valence-electron chi connectivity index (χ2n) is 5.27. The Morgan fingerprint density at radius 3 is 2.48 bits per heavy atom. The van der Waals surface area contributed by atoms with Crippen LogP contribution in [0.15, 0.2) is 4.47 Å². The zero-order valence-corrected chi connectivity index (χ0v) is 15.1. The van der Waals surface area contributed by atoms with Crippen LogP contribution in [0.3, 0.4) is 0 Å². The van der Waals surface area contributed by atoms with Crippen molar-refractivity contribution >= 4 is 15.9 Å². The van der Waals surface area contributed by atoms with Gasteiger partial charge in [-0.25, -0.2) is 0 Å². The first kappa shape index (κ1) is 16.2. The molecule has 0 fully saturated rings. The van der Waals surface area contributed by atoms with Gasteiger partial charge in [0.1, 0.15) is 0 Å². The first-order valence-corrected chi connectivity index (χ1v) is 8.22. The number of hydrogen-bond acceptors (Lipinski definition) is 3. The Bertz CT molecular complexity index is 627. The molecule has 21 heavy (non-hydrogen) atoms. The Labute approximate surface area is 134 Å². The predicted molar refractivity (Wildman–Crippen MR) is 88.5 cm³/mol. The van der Waals surface area contributed by atoms with Crippen LogP contribution in [0.5, 0.6) is 0 Å². The lowest BCUT2D eigenvalue weighted by Gasteiger charge is -2.07. The second kappa shape index (κ2) is 6.75. The molecule has 6 heteroatoms. The average molecular weight is 354 g/mol. The van der Waals surface area contributed by atoms with Gasteiger partial charge in [-0.2, -0.15) is 10.2 Å². The lowest BCUT2D eigenvalue weighted by Crippen LogP contribution is -2.13. The first-order chi connectivity index (χ1) is 9.99. The fraction of sp³-hybridized carbons (Fsp3) is 0.600. The van der Waals surface area contributed by atoms with Crippen LogP contribution in [0.4, 0.5) is 0 Å². The highest BCUT2D eigenvalue weighted by Gasteiger charge is 2.16. The fourth-order valence-corrected chi connectivity index (χ4v) is 3.27. The van der Waals surface area contributed by atoms with E-state index in [2.05, 4.69) is 58.7 Å². The molecule has 2 rings (SSSR count). The zero-order valence-electron chi connectivity index (χ0n) is 13.5. The third-order valence-electron chi connectivity index (χ3n) is 3.89. The Morgan fingerprint density at radius 2 is 1.90 bits per heavy atom. The Morgan fingerprint density at radius 1 is 1.19 bits per heavy atom. The van der Waals surface area contributed by atoms with Gasteiger partial charge in [-0.1, -0.05) is 13.8 Å². The minimum absolute atomic E-state index is 0.739. The third-order valence-corrected chi connectivity index (χ3v) is 4.80. The summed E-state index contributed by atoms with van der Waals surface area (Å²) in [4.78, 5) is 0. The van der Waals surface area contributed by atoms with Crippen molar-refractivity contribution in [3.05, 3.63) is 32.8 Å². The largest absolute Gasteiger partial charge is 0.313 e. The number of aryl methyl sites for hydroxylation is 3. The molecule has 0 spiro atoms. The van der Waals surface area contributed by atoms with E-state index in [1.807, 2.05) is 11.7 Å². The van der Waals surface area contributed by atoms with Gasteiger partial charge in [0.15, 0.2) is 0 Å². The second-order valence-corrected chi connectivity index (χ2v) is 6.06. The van der Waals surface area contributed by atoms with Crippen LogP contribution in [0, 0.1) is 13.8 Å². The number of halogens is 1. The monoisotopic (exact) mass is 353 g/mol. The topological polar surface area (TPSA) is 47.7 Å². The first-order valence-electron chi connectivity index (χ1n) is 7.43. The number of hydrogen-bond donors (Lipinski definition) is 1. The molecular weight excluding hydrogens is 330 g/mol. The molecule has 1 N–H and O–H groups in total. The molecule has 116 valence electrons. The maximum Gasteiger partial charge on any atom is 0.0842 e. The summed E-state index contributed by atoms with van der Waals surface area (Å²) in [5.74, 6) is 0. The number of nitrogens with one attached hydrogen (secondary N) is 1. The molecule has 2 heterocycles. The van der Waals surface area contributed by atoms with Crippen LogP contribution < -0.4 is 5.32 Å². The molecule has 5 nitrogen and oxygen atoms in total. The normalized spacial score (nSPS) is 11.3. The van der Waals surface area contributed by atoms with Crippen molar-refractivity contribution in [3.8, 4) is 0 Å². The van der Waals surface area contributed by atoms with Crippen molar-refractivity contribution in [1.82, 2.24) is 24.9 Å². The van der Waals surface area contributed by atoms with Crippen LogP contribution in [0.25, 0.3) is 0 Å². The van der Waals surface area contributed by atoms with E-state index >= 15 is 0 Å². The Hall–Kier alpha value is -1.14. The number of aromatic nitrogens is 4. The van der Waals surface area contributed by atoms with Crippen LogP contribution in [0.2, 0.25) is 0 Å². The van der Waals surface area contributed by atoms with E-state index in [-0.39, 0.29) is 0 Å². The summed E-state index contributed by atoms with van der Waals surface area (Å²) in [6.07, 6.45) is 0.928. The Balaban J connectivity index is 2.30. The van der Waals surface area contributed by atoms with E-state index in [0.29, 0.717) is 0 Å². The van der Waals surface area contributed by atoms with E-state index in [4.69, 9.17) is 5.10 Å². The predicted octanol–water partition coefficient (Wildman–Crippen LogP) is 2.72. The van der Waals surface area contributed by atoms with Crippen LogP contribution >= 0.6 is 15.9 Å². The maximum atomic E-state index is 4.69. The van der Waals surface area contributed by atoms with E-state index in [0.717, 1.165) is 47.6 Å². The highest BCUT2D eigenvalue weighted by Crippen LogP contribution is 2.23. The van der Waals surface area contributed by atoms with Gasteiger partial charge in [0.25, 0.3) is 0 Å². The molecule has 0 saturated carbocycles. The van der Waals surface area contributed by atoms with Gasteiger partial charge in [0.2, 0.25) is 0 Å². The van der Waals surface area contributed by atoms with E-state index in [9.17, 15) is 0 Å². The highest BCUT2D eigenvalue weighted by molar-refractivity contribution is 9.10. The molecule has 0 aliphatic heterocycles. The maximum absolute atomic E-state index is 4.69. The number of nitrogens with zero attached hydrogens (tertiary/aromatic N) is 4. The molecule has 2 aromatic heterocycles. The average Bonchev–Trinajstić information content (AvgIpc) is 2.88. The number of rotatable bonds is 6. The van der Waals surface area contributed by atoms with Crippen LogP contribution in [0.1, 0.15) is 42.2 Å². The van der Waals surface area contributed by atoms with Gasteiger partial charge >= 0.3 is 0 Å². The summed E-state index contributed by atoms with van der Waals surface area (Å²) in [5.41, 5.74) is 5.88. The van der Waals surface area contributed by atoms with Gasteiger partial charge in [0.05, 0.1) is 28.1 Å². The molecule has 0 radical (unpaired) electrons. The van der Waals surface area contributed by atoms with Gasteiger partial charge in [-0.3, -0.25) is 9.36 Å². The van der Waals surface area contributed by atoms with Gasteiger partial charge in [-0.05, 0) is 42.7 Å². The molecule has 0 amide bonds. The van der Waals surface area contributed by atoms with Crippen molar-refractivity contribution in [2.45, 2.75) is 47.2 Å². The standard InChI is InChI=1S/C15H24BrN5/c1-6-13-15(16)14(20(5)19-13)9-21-11(4)12(8-17-7-2)10(3)18-21/h17H,6-9H2,1-5H3. The SMILES string of the molecule is CCNCc1c(C)nn(Cc2c(Br)c(CC)nn2C)c1C. The zero-order chi connectivity index (χ0) is 15.6. The minimum atomic E-state index is 0.739. The van der Waals surface area contributed by atoms with Gasteiger partial charge in [-0.15, -0.1) is 0 Å². The van der Waals surface area contributed by atoms with Crippen LogP contribution in [-0.4, -0.2) is 26.1 Å². The van der Waals surface area contributed by atoms with E-state index < -0.39 is 0 Å². The van der Waals surface area contributed by atoms with Gasteiger partial charge in [0, 0.05) is 24.8 Å².